The summed E-state index contributed by atoms with van der Waals surface area (Å²) in [5.74, 6) is 0.928. The van der Waals surface area contributed by atoms with Crippen LogP contribution in [0.15, 0.2) is 23.4 Å². The van der Waals surface area contributed by atoms with E-state index in [1.54, 1.807) is 18.2 Å². The average Bonchev–Trinajstić information content (AvgIpc) is 2.87. The molecule has 1 aromatic carbocycles. The zero-order chi connectivity index (χ0) is 13.8. The molecule has 2 rings (SSSR count). The molecule has 0 spiro atoms. The third kappa shape index (κ3) is 3.49. The monoisotopic (exact) mass is 315 g/mol. The van der Waals surface area contributed by atoms with Gasteiger partial charge in [0.25, 0.3) is 0 Å². The number of hydrogen-bond donors (Lipinski definition) is 1. The first-order valence-electron chi connectivity index (χ1n) is 5.63. The van der Waals surface area contributed by atoms with E-state index in [0.717, 1.165) is 12.2 Å². The normalized spacial score (nSPS) is 10.7. The van der Waals surface area contributed by atoms with E-state index in [0.29, 0.717) is 20.8 Å². The Morgan fingerprint density at radius 2 is 2.21 bits per heavy atom. The highest BCUT2D eigenvalue weighted by Crippen LogP contribution is 2.27. The van der Waals surface area contributed by atoms with E-state index in [9.17, 15) is 4.79 Å². The van der Waals surface area contributed by atoms with Crippen LogP contribution in [-0.4, -0.2) is 26.7 Å². The summed E-state index contributed by atoms with van der Waals surface area (Å²) in [6.45, 7) is 1.98. The molecule has 2 aromatic rings. The van der Waals surface area contributed by atoms with Crippen LogP contribution in [-0.2, 0) is 6.42 Å². The SMILES string of the molecule is CCc1nc(SCC(=O)c2cccc(Cl)c2Cl)n[nH]1. The van der Waals surface area contributed by atoms with Crippen LogP contribution in [0.2, 0.25) is 10.0 Å². The van der Waals surface area contributed by atoms with Crippen LogP contribution in [0.4, 0.5) is 0 Å². The highest BCUT2D eigenvalue weighted by molar-refractivity contribution is 7.99. The molecule has 0 saturated carbocycles. The summed E-state index contributed by atoms with van der Waals surface area (Å²) >= 11 is 13.1. The number of hydrogen-bond acceptors (Lipinski definition) is 4. The number of rotatable bonds is 5. The van der Waals surface area contributed by atoms with Crippen molar-refractivity contribution in [1.82, 2.24) is 15.2 Å². The second kappa shape index (κ2) is 6.41. The lowest BCUT2D eigenvalue weighted by Crippen LogP contribution is -2.03. The molecule has 7 heteroatoms. The molecule has 1 aromatic heterocycles. The molecule has 4 nitrogen and oxygen atoms in total. The molecule has 0 fully saturated rings. The molecular formula is C12H11Cl2N3OS. The Labute approximate surface area is 124 Å². The molecule has 0 amide bonds. The molecule has 1 heterocycles. The maximum Gasteiger partial charge on any atom is 0.208 e. The van der Waals surface area contributed by atoms with Crippen molar-refractivity contribution >= 4 is 40.7 Å². The summed E-state index contributed by atoms with van der Waals surface area (Å²) in [5.41, 5.74) is 0.424. The summed E-state index contributed by atoms with van der Waals surface area (Å²) < 4.78 is 0. The smallest absolute Gasteiger partial charge is 0.208 e. The molecule has 0 aliphatic carbocycles. The van der Waals surface area contributed by atoms with Gasteiger partial charge in [0.05, 0.1) is 15.8 Å². The van der Waals surface area contributed by atoms with Crippen LogP contribution in [0, 0.1) is 0 Å². The lowest BCUT2D eigenvalue weighted by Gasteiger charge is -2.03. The predicted octanol–water partition coefficient (Wildman–Crippen LogP) is 3.65. The van der Waals surface area contributed by atoms with Crippen molar-refractivity contribution in [2.24, 2.45) is 0 Å². The zero-order valence-corrected chi connectivity index (χ0v) is 12.4. The van der Waals surface area contributed by atoms with E-state index in [2.05, 4.69) is 15.2 Å². The Bertz CT molecular complexity index is 600. The maximum atomic E-state index is 12.0. The van der Waals surface area contributed by atoms with Gasteiger partial charge in [0.15, 0.2) is 5.78 Å². The number of carbonyl (C=O) groups excluding carboxylic acids is 1. The number of nitrogens with zero attached hydrogens (tertiary/aromatic N) is 2. The number of aryl methyl sites for hydroxylation is 1. The van der Waals surface area contributed by atoms with E-state index >= 15 is 0 Å². The molecule has 0 radical (unpaired) electrons. The molecule has 0 atom stereocenters. The quantitative estimate of drug-likeness (QED) is 0.676. The van der Waals surface area contributed by atoms with Crippen LogP contribution < -0.4 is 0 Å². The largest absolute Gasteiger partial charge is 0.293 e. The lowest BCUT2D eigenvalue weighted by molar-refractivity contribution is 0.102. The lowest BCUT2D eigenvalue weighted by atomic mass is 10.1. The van der Waals surface area contributed by atoms with Crippen molar-refractivity contribution in [3.05, 3.63) is 39.6 Å². The highest BCUT2D eigenvalue weighted by Gasteiger charge is 2.14. The van der Waals surface area contributed by atoms with Gasteiger partial charge in [0.2, 0.25) is 5.16 Å². The molecule has 19 heavy (non-hydrogen) atoms. The van der Waals surface area contributed by atoms with Gasteiger partial charge < -0.3 is 0 Å². The number of ketones is 1. The summed E-state index contributed by atoms with van der Waals surface area (Å²) in [7, 11) is 0. The third-order valence-corrected chi connectivity index (χ3v) is 4.10. The number of halogens is 2. The number of Topliss-reactive ketones (excluding diaryl/α,β-unsaturated/α-hetero) is 1. The van der Waals surface area contributed by atoms with Gasteiger partial charge in [0.1, 0.15) is 5.82 Å². The molecule has 0 aliphatic rings. The number of benzene rings is 1. The standard InChI is InChI=1S/C12H11Cl2N3OS/c1-2-10-15-12(17-16-10)19-6-9(18)7-4-3-5-8(13)11(7)14/h3-5H,2,6H2,1H3,(H,15,16,17). The van der Waals surface area contributed by atoms with E-state index in [4.69, 9.17) is 23.2 Å². The topological polar surface area (TPSA) is 58.6 Å². The van der Waals surface area contributed by atoms with E-state index in [1.807, 2.05) is 6.92 Å². The number of H-pyrrole nitrogens is 1. The molecular weight excluding hydrogens is 305 g/mol. The minimum absolute atomic E-state index is 0.0969. The highest BCUT2D eigenvalue weighted by atomic mass is 35.5. The Balaban J connectivity index is 2.03. The molecule has 100 valence electrons. The second-order valence-corrected chi connectivity index (χ2v) is 5.46. The average molecular weight is 316 g/mol. The number of thioether (sulfide) groups is 1. The van der Waals surface area contributed by atoms with Gasteiger partial charge in [-0.05, 0) is 12.1 Å². The molecule has 0 bridgehead atoms. The van der Waals surface area contributed by atoms with Crippen molar-refractivity contribution in [2.75, 3.05) is 5.75 Å². The van der Waals surface area contributed by atoms with Crippen molar-refractivity contribution in [3.8, 4) is 0 Å². The van der Waals surface area contributed by atoms with E-state index in [-0.39, 0.29) is 11.5 Å². The molecule has 0 unspecified atom stereocenters. The van der Waals surface area contributed by atoms with Gasteiger partial charge in [-0.25, -0.2) is 4.98 Å². The van der Waals surface area contributed by atoms with Crippen molar-refractivity contribution in [1.29, 1.82) is 0 Å². The summed E-state index contributed by atoms with van der Waals surface area (Å²) in [5, 5.41) is 8.04. The van der Waals surface area contributed by atoms with Crippen LogP contribution in [0.25, 0.3) is 0 Å². The van der Waals surface area contributed by atoms with Crippen molar-refractivity contribution in [3.63, 3.8) is 0 Å². The van der Waals surface area contributed by atoms with E-state index in [1.165, 1.54) is 11.8 Å². The zero-order valence-electron chi connectivity index (χ0n) is 10.1. The minimum atomic E-state index is -0.0969. The van der Waals surface area contributed by atoms with Crippen molar-refractivity contribution in [2.45, 2.75) is 18.5 Å². The van der Waals surface area contributed by atoms with Crippen molar-refractivity contribution < 1.29 is 4.79 Å². The Morgan fingerprint density at radius 1 is 1.42 bits per heavy atom. The fourth-order valence-corrected chi connectivity index (χ4v) is 2.53. The number of carbonyl (C=O) groups is 1. The fourth-order valence-electron chi connectivity index (χ4n) is 1.43. The number of aromatic amines is 1. The molecule has 0 aliphatic heterocycles. The van der Waals surface area contributed by atoms with E-state index < -0.39 is 0 Å². The van der Waals surface area contributed by atoms with Gasteiger partial charge in [0, 0.05) is 12.0 Å². The van der Waals surface area contributed by atoms with Gasteiger partial charge >= 0.3 is 0 Å². The fraction of sp³-hybridized carbons (Fsp3) is 0.250. The van der Waals surface area contributed by atoms with Gasteiger partial charge in [-0.15, -0.1) is 5.10 Å². The summed E-state index contributed by atoms with van der Waals surface area (Å²) in [6.07, 6.45) is 0.779. The van der Waals surface area contributed by atoms with Gasteiger partial charge in [-0.2, -0.15) is 0 Å². The summed E-state index contributed by atoms with van der Waals surface area (Å²) in [6, 6.07) is 5.01. The van der Waals surface area contributed by atoms with Gasteiger partial charge in [-0.3, -0.25) is 9.89 Å². The minimum Gasteiger partial charge on any atom is -0.293 e. The Morgan fingerprint density at radius 3 is 2.89 bits per heavy atom. The maximum absolute atomic E-state index is 12.0. The first kappa shape index (κ1) is 14.4. The summed E-state index contributed by atoms with van der Waals surface area (Å²) in [4.78, 5) is 16.3. The first-order valence-corrected chi connectivity index (χ1v) is 7.37. The van der Waals surface area contributed by atoms with Crippen LogP contribution in [0.3, 0.4) is 0 Å². The Kier molecular flexibility index (Phi) is 4.85. The predicted molar refractivity (Wildman–Crippen MR) is 77.3 cm³/mol. The first-order chi connectivity index (χ1) is 9.11. The molecule has 0 saturated heterocycles. The van der Waals surface area contributed by atoms with Crippen LogP contribution >= 0.6 is 35.0 Å². The van der Waals surface area contributed by atoms with Crippen LogP contribution in [0.5, 0.6) is 0 Å². The Hall–Kier alpha value is -1.04. The third-order valence-electron chi connectivity index (χ3n) is 2.43. The van der Waals surface area contributed by atoms with Gasteiger partial charge in [-0.1, -0.05) is 48.0 Å². The number of nitrogens with one attached hydrogen (secondary N) is 1. The van der Waals surface area contributed by atoms with Crippen LogP contribution in [0.1, 0.15) is 23.1 Å². The second-order valence-electron chi connectivity index (χ2n) is 3.73. The number of aromatic nitrogens is 3. The molecule has 1 N–H and O–H groups in total.